The van der Waals surface area contributed by atoms with E-state index in [1.165, 1.54) is 19.2 Å². The fourth-order valence-corrected chi connectivity index (χ4v) is 4.15. The van der Waals surface area contributed by atoms with Gasteiger partial charge in [0, 0.05) is 18.5 Å². The second-order valence-electron chi connectivity index (χ2n) is 7.91. The van der Waals surface area contributed by atoms with Gasteiger partial charge in [0.1, 0.15) is 11.6 Å². The lowest BCUT2D eigenvalue weighted by Gasteiger charge is -2.18. The van der Waals surface area contributed by atoms with Gasteiger partial charge in [-0.15, -0.1) is 0 Å². The third-order valence-corrected chi connectivity index (χ3v) is 5.79. The van der Waals surface area contributed by atoms with Gasteiger partial charge in [-0.25, -0.2) is 9.97 Å². The highest BCUT2D eigenvalue weighted by molar-refractivity contribution is 5.93. The molecule has 0 aliphatic carbocycles. The van der Waals surface area contributed by atoms with Crippen LogP contribution in [0.1, 0.15) is 31.2 Å². The number of fused-ring (bicyclic) bond motifs is 1. The maximum Gasteiger partial charge on any atom is 0.227 e. The molecule has 4 heterocycles. The Morgan fingerprint density at radius 3 is 2.65 bits per heavy atom. The lowest BCUT2D eigenvalue weighted by molar-refractivity contribution is 0.383. The summed E-state index contributed by atoms with van der Waals surface area (Å²) < 4.78 is 11.0. The summed E-state index contributed by atoms with van der Waals surface area (Å²) in [4.78, 5) is 18.2. The van der Waals surface area contributed by atoms with Crippen LogP contribution in [0.4, 0.5) is 17.7 Å². The van der Waals surface area contributed by atoms with Gasteiger partial charge in [0.25, 0.3) is 0 Å². The maximum absolute atomic E-state index is 5.65. The number of likely N-dealkylation sites (tertiary alicyclic amines) is 1. The molecule has 2 saturated heterocycles. The lowest BCUT2D eigenvalue weighted by Crippen LogP contribution is -2.21. The number of benzene rings is 1. The molecule has 0 unspecified atom stereocenters. The number of hydrogen-bond acceptors (Lipinski definition) is 8. The largest absolute Gasteiger partial charge is 0.495 e. The topological polar surface area (TPSA) is 79.5 Å². The van der Waals surface area contributed by atoms with Crippen LogP contribution in [0.2, 0.25) is 0 Å². The molecule has 5 rings (SSSR count). The summed E-state index contributed by atoms with van der Waals surface area (Å²) in [5, 5.41) is 4.09. The maximum atomic E-state index is 5.65. The Labute approximate surface area is 181 Å². The number of nitrogens with one attached hydrogen (secondary N) is 1. The van der Waals surface area contributed by atoms with Crippen LogP contribution in [0.3, 0.4) is 0 Å². The Kier molecular flexibility index (Phi) is 5.59. The van der Waals surface area contributed by atoms with Crippen LogP contribution in [0.25, 0.3) is 10.9 Å². The van der Waals surface area contributed by atoms with Crippen molar-refractivity contribution >= 4 is 28.6 Å². The highest BCUT2D eigenvalue weighted by Crippen LogP contribution is 2.32. The van der Waals surface area contributed by atoms with Crippen LogP contribution in [-0.2, 0) is 0 Å². The first-order valence-electron chi connectivity index (χ1n) is 10.8. The number of methoxy groups -OCH3 is 1. The number of aromatic nitrogens is 3. The summed E-state index contributed by atoms with van der Waals surface area (Å²) in [6.07, 6.45) is 7.85. The number of oxazole rings is 1. The summed E-state index contributed by atoms with van der Waals surface area (Å²) in [6.45, 7) is 4.97. The minimum atomic E-state index is 0.529. The van der Waals surface area contributed by atoms with Crippen LogP contribution in [0.5, 0.6) is 5.75 Å². The van der Waals surface area contributed by atoms with Crippen LogP contribution in [0.15, 0.2) is 29.1 Å². The molecule has 2 aliphatic rings. The SMILES string of the molecule is COc1cc2c(Nc3cnco3)nc(N3CCCC3)nc2cc1C#CCN1CCCC1. The van der Waals surface area contributed by atoms with Crippen LogP contribution >= 0.6 is 0 Å². The molecule has 0 amide bonds. The minimum Gasteiger partial charge on any atom is -0.495 e. The van der Waals surface area contributed by atoms with Crippen molar-refractivity contribution in [1.82, 2.24) is 19.9 Å². The van der Waals surface area contributed by atoms with E-state index in [-0.39, 0.29) is 0 Å². The monoisotopic (exact) mass is 418 g/mol. The first-order chi connectivity index (χ1) is 15.3. The van der Waals surface area contributed by atoms with Crippen molar-refractivity contribution in [2.45, 2.75) is 25.7 Å². The molecule has 1 N–H and O–H groups in total. The molecule has 0 saturated carbocycles. The fraction of sp³-hybridized carbons (Fsp3) is 0.435. The van der Waals surface area contributed by atoms with E-state index in [0.29, 0.717) is 23.4 Å². The minimum absolute atomic E-state index is 0.529. The standard InChI is InChI=1S/C23H26N6O2/c1-30-20-14-18-19(13-17(20)7-6-10-28-8-2-3-9-28)25-23(29-11-4-5-12-29)27-22(18)26-21-15-24-16-31-21/h13-16H,2-5,8-12H2,1H3,(H,25,26,27). The van der Waals surface area contributed by atoms with Gasteiger partial charge in [-0.3, -0.25) is 4.90 Å². The van der Waals surface area contributed by atoms with Gasteiger partial charge in [-0.1, -0.05) is 11.8 Å². The lowest BCUT2D eigenvalue weighted by atomic mass is 10.1. The summed E-state index contributed by atoms with van der Waals surface area (Å²) in [6, 6.07) is 3.94. The first kappa shape index (κ1) is 19.6. The Hall–Kier alpha value is -3.31. The van der Waals surface area contributed by atoms with E-state index in [1.807, 2.05) is 12.1 Å². The van der Waals surface area contributed by atoms with E-state index in [2.05, 4.69) is 31.9 Å². The summed E-state index contributed by atoms with van der Waals surface area (Å²) >= 11 is 0. The van der Waals surface area contributed by atoms with Gasteiger partial charge in [-0.05, 0) is 50.9 Å². The van der Waals surface area contributed by atoms with E-state index in [4.69, 9.17) is 19.1 Å². The van der Waals surface area contributed by atoms with Crippen molar-refractivity contribution in [3.8, 4) is 17.6 Å². The zero-order valence-corrected chi connectivity index (χ0v) is 17.7. The molecule has 3 aromatic rings. The Morgan fingerprint density at radius 2 is 1.90 bits per heavy atom. The van der Waals surface area contributed by atoms with Crippen molar-refractivity contribution in [2.75, 3.05) is 50.1 Å². The summed E-state index contributed by atoms with van der Waals surface area (Å²) in [5.41, 5.74) is 1.66. The first-order valence-corrected chi connectivity index (χ1v) is 10.8. The highest BCUT2D eigenvalue weighted by atomic mass is 16.5. The van der Waals surface area contributed by atoms with Crippen molar-refractivity contribution in [3.05, 3.63) is 30.3 Å². The van der Waals surface area contributed by atoms with E-state index < -0.39 is 0 Å². The summed E-state index contributed by atoms with van der Waals surface area (Å²) in [5.74, 6) is 9.22. The molecule has 160 valence electrons. The normalized spacial score (nSPS) is 16.5. The number of ether oxygens (including phenoxy) is 1. The zero-order valence-electron chi connectivity index (χ0n) is 17.7. The number of anilines is 3. The number of hydrogen-bond donors (Lipinski definition) is 1. The van der Waals surface area contributed by atoms with Gasteiger partial charge < -0.3 is 19.4 Å². The van der Waals surface area contributed by atoms with Crippen LogP contribution < -0.4 is 15.0 Å². The molecule has 8 nitrogen and oxygen atoms in total. The molecule has 0 spiro atoms. The molecule has 8 heteroatoms. The van der Waals surface area contributed by atoms with Crippen LogP contribution in [-0.4, -0.2) is 59.7 Å². The van der Waals surface area contributed by atoms with Crippen molar-refractivity contribution in [1.29, 1.82) is 0 Å². The Balaban J connectivity index is 1.55. The number of nitrogens with zero attached hydrogens (tertiary/aromatic N) is 5. The predicted molar refractivity (Wildman–Crippen MR) is 120 cm³/mol. The van der Waals surface area contributed by atoms with E-state index in [1.54, 1.807) is 13.3 Å². The average Bonchev–Trinajstić information content (AvgIpc) is 3.56. The molecule has 0 atom stereocenters. The second kappa shape index (κ2) is 8.82. The molecule has 31 heavy (non-hydrogen) atoms. The van der Waals surface area contributed by atoms with E-state index >= 15 is 0 Å². The Morgan fingerprint density at radius 1 is 1.10 bits per heavy atom. The smallest absolute Gasteiger partial charge is 0.227 e. The number of rotatable bonds is 5. The van der Waals surface area contributed by atoms with Gasteiger partial charge in [0.15, 0.2) is 6.39 Å². The molecule has 2 aliphatic heterocycles. The predicted octanol–water partition coefficient (Wildman–Crippen LogP) is 3.42. The van der Waals surface area contributed by atoms with Gasteiger partial charge in [-0.2, -0.15) is 4.98 Å². The third kappa shape index (κ3) is 4.28. The molecule has 1 aromatic carbocycles. The van der Waals surface area contributed by atoms with Gasteiger partial charge in [0.05, 0.1) is 30.9 Å². The quantitative estimate of drug-likeness (QED) is 0.632. The van der Waals surface area contributed by atoms with Crippen molar-refractivity contribution < 1.29 is 9.15 Å². The molecular weight excluding hydrogens is 392 g/mol. The summed E-state index contributed by atoms with van der Waals surface area (Å²) in [7, 11) is 1.66. The van der Waals surface area contributed by atoms with E-state index in [0.717, 1.165) is 62.0 Å². The van der Waals surface area contributed by atoms with E-state index in [9.17, 15) is 0 Å². The Bertz CT molecular complexity index is 1110. The molecule has 0 bridgehead atoms. The average molecular weight is 419 g/mol. The van der Waals surface area contributed by atoms with Gasteiger partial charge in [0.2, 0.25) is 11.8 Å². The fourth-order valence-electron chi connectivity index (χ4n) is 4.15. The molecule has 2 aromatic heterocycles. The highest BCUT2D eigenvalue weighted by Gasteiger charge is 2.19. The second-order valence-corrected chi connectivity index (χ2v) is 7.91. The molecule has 2 fully saturated rings. The van der Waals surface area contributed by atoms with Gasteiger partial charge >= 0.3 is 0 Å². The zero-order chi connectivity index (χ0) is 21.0. The molecular formula is C23H26N6O2. The molecule has 0 radical (unpaired) electrons. The third-order valence-electron chi connectivity index (χ3n) is 5.79. The van der Waals surface area contributed by atoms with Crippen LogP contribution in [0, 0.1) is 11.8 Å². The van der Waals surface area contributed by atoms with Crippen molar-refractivity contribution in [2.24, 2.45) is 0 Å². The van der Waals surface area contributed by atoms with Crippen molar-refractivity contribution in [3.63, 3.8) is 0 Å².